The van der Waals surface area contributed by atoms with Gasteiger partial charge in [0.15, 0.2) is 0 Å². The van der Waals surface area contributed by atoms with Crippen LogP contribution in [-0.4, -0.2) is 40.6 Å². The van der Waals surface area contributed by atoms with Crippen LogP contribution in [0.2, 0.25) is 0 Å². The predicted octanol–water partition coefficient (Wildman–Crippen LogP) is 3.09. The molecule has 1 N–H and O–H groups in total. The summed E-state index contributed by atoms with van der Waals surface area (Å²) in [6.45, 7) is 2.66. The van der Waals surface area contributed by atoms with E-state index in [2.05, 4.69) is 20.9 Å². The maximum atomic E-state index is 12.2. The molecule has 1 aromatic heterocycles. The molecule has 2 rings (SSSR count). The van der Waals surface area contributed by atoms with Gasteiger partial charge in [-0.3, -0.25) is 4.79 Å². The molecule has 1 amide bonds. The fraction of sp³-hybridized carbons (Fsp3) is 0.250. The lowest BCUT2D eigenvalue weighted by Crippen LogP contribution is -2.33. The lowest BCUT2D eigenvalue weighted by molar-refractivity contribution is 0.0731. The summed E-state index contributed by atoms with van der Waals surface area (Å²) in [6.07, 6.45) is 1.48. The number of halogens is 1. The highest BCUT2D eigenvalue weighted by atomic mass is 79.9. The van der Waals surface area contributed by atoms with Crippen molar-refractivity contribution in [3.05, 3.63) is 52.6 Å². The van der Waals surface area contributed by atoms with E-state index in [0.29, 0.717) is 30.3 Å². The quantitative estimate of drug-likeness (QED) is 0.855. The largest absolute Gasteiger partial charge is 0.439 e. The molecular formula is C16H17BrN2O3. The van der Waals surface area contributed by atoms with Crippen LogP contribution in [0.25, 0.3) is 0 Å². The molecule has 0 atom stereocenters. The van der Waals surface area contributed by atoms with E-state index in [9.17, 15) is 4.79 Å². The molecular weight excluding hydrogens is 348 g/mol. The Kier molecular flexibility index (Phi) is 5.91. The minimum Gasteiger partial charge on any atom is -0.439 e. The molecule has 1 heterocycles. The zero-order valence-electron chi connectivity index (χ0n) is 12.2. The Morgan fingerprint density at radius 3 is 2.77 bits per heavy atom. The Morgan fingerprint density at radius 1 is 1.36 bits per heavy atom. The van der Waals surface area contributed by atoms with Gasteiger partial charge in [-0.05, 0) is 31.2 Å². The van der Waals surface area contributed by atoms with E-state index in [-0.39, 0.29) is 12.5 Å². The Bertz CT molecular complexity index is 632. The van der Waals surface area contributed by atoms with Gasteiger partial charge in [-0.15, -0.1) is 0 Å². The number of aliphatic hydroxyl groups excluding tert-OH is 1. The molecule has 5 nitrogen and oxygen atoms in total. The van der Waals surface area contributed by atoms with Gasteiger partial charge >= 0.3 is 0 Å². The summed E-state index contributed by atoms with van der Waals surface area (Å²) < 4.78 is 6.54. The molecule has 0 aliphatic carbocycles. The highest BCUT2D eigenvalue weighted by Crippen LogP contribution is 2.23. The molecule has 116 valence electrons. The van der Waals surface area contributed by atoms with Crippen molar-refractivity contribution in [2.75, 3.05) is 19.7 Å². The fourth-order valence-electron chi connectivity index (χ4n) is 1.92. The van der Waals surface area contributed by atoms with Crippen LogP contribution in [0.15, 0.2) is 47.1 Å². The molecule has 0 radical (unpaired) electrons. The van der Waals surface area contributed by atoms with E-state index in [4.69, 9.17) is 9.84 Å². The summed E-state index contributed by atoms with van der Waals surface area (Å²) >= 11 is 3.37. The molecule has 0 fully saturated rings. The smallest absolute Gasteiger partial charge is 0.255 e. The van der Waals surface area contributed by atoms with Crippen molar-refractivity contribution in [1.29, 1.82) is 0 Å². The second kappa shape index (κ2) is 7.91. The Labute approximate surface area is 137 Å². The third-order valence-electron chi connectivity index (χ3n) is 3.04. The van der Waals surface area contributed by atoms with Crippen molar-refractivity contribution in [2.45, 2.75) is 6.92 Å². The SMILES string of the molecule is CCN(CCO)C(=O)c1ccc(Oc2cccc(Br)c2)nc1. The Balaban J connectivity index is 2.08. The van der Waals surface area contributed by atoms with Gasteiger partial charge in [0.2, 0.25) is 5.88 Å². The Hall–Kier alpha value is -1.92. The number of likely N-dealkylation sites (N-methyl/N-ethyl adjacent to an activating group) is 1. The molecule has 0 bridgehead atoms. The van der Waals surface area contributed by atoms with Crippen LogP contribution in [0.4, 0.5) is 0 Å². The van der Waals surface area contributed by atoms with Crippen LogP contribution in [0.5, 0.6) is 11.6 Å². The normalized spacial score (nSPS) is 10.3. The number of aromatic nitrogens is 1. The molecule has 2 aromatic rings. The van der Waals surface area contributed by atoms with E-state index < -0.39 is 0 Å². The molecule has 0 aliphatic heterocycles. The van der Waals surface area contributed by atoms with Crippen molar-refractivity contribution in [3.63, 3.8) is 0 Å². The second-order valence-electron chi connectivity index (χ2n) is 4.55. The van der Waals surface area contributed by atoms with Gasteiger partial charge in [-0.25, -0.2) is 4.98 Å². The van der Waals surface area contributed by atoms with Gasteiger partial charge in [0.05, 0.1) is 12.2 Å². The van der Waals surface area contributed by atoms with Crippen molar-refractivity contribution in [2.24, 2.45) is 0 Å². The number of aliphatic hydroxyl groups is 1. The summed E-state index contributed by atoms with van der Waals surface area (Å²) in [7, 11) is 0. The zero-order valence-corrected chi connectivity index (χ0v) is 13.8. The maximum Gasteiger partial charge on any atom is 0.255 e. The highest BCUT2D eigenvalue weighted by Gasteiger charge is 2.14. The monoisotopic (exact) mass is 364 g/mol. The van der Waals surface area contributed by atoms with Crippen molar-refractivity contribution >= 4 is 21.8 Å². The summed E-state index contributed by atoms with van der Waals surface area (Å²) in [6, 6.07) is 10.8. The first kappa shape index (κ1) is 16.5. The van der Waals surface area contributed by atoms with Gasteiger partial charge in [0.25, 0.3) is 5.91 Å². The fourth-order valence-corrected chi connectivity index (χ4v) is 2.30. The number of carbonyl (C=O) groups excluding carboxylic acids is 1. The van der Waals surface area contributed by atoms with Gasteiger partial charge < -0.3 is 14.7 Å². The first-order valence-electron chi connectivity index (χ1n) is 6.93. The number of hydrogen-bond acceptors (Lipinski definition) is 4. The standard InChI is InChI=1S/C16H17BrN2O3/c1-2-19(8-9-20)16(21)12-6-7-15(18-11-12)22-14-5-3-4-13(17)10-14/h3-7,10-11,20H,2,8-9H2,1H3. The predicted molar refractivity (Wildman–Crippen MR) is 87.1 cm³/mol. The summed E-state index contributed by atoms with van der Waals surface area (Å²) in [5.74, 6) is 0.925. The van der Waals surface area contributed by atoms with Crippen LogP contribution in [-0.2, 0) is 0 Å². The average Bonchev–Trinajstić information content (AvgIpc) is 2.53. The van der Waals surface area contributed by atoms with E-state index in [1.807, 2.05) is 31.2 Å². The van der Waals surface area contributed by atoms with Crippen molar-refractivity contribution in [1.82, 2.24) is 9.88 Å². The Morgan fingerprint density at radius 2 is 2.18 bits per heavy atom. The van der Waals surface area contributed by atoms with Crippen LogP contribution in [0, 0.1) is 0 Å². The van der Waals surface area contributed by atoms with E-state index in [1.54, 1.807) is 17.0 Å². The molecule has 1 aromatic carbocycles. The van der Waals surface area contributed by atoms with Gasteiger partial charge in [0.1, 0.15) is 5.75 Å². The minimum atomic E-state index is -0.155. The lowest BCUT2D eigenvalue weighted by Gasteiger charge is -2.19. The molecule has 0 aliphatic rings. The summed E-state index contributed by atoms with van der Waals surface area (Å²) in [5, 5.41) is 8.96. The van der Waals surface area contributed by atoms with Crippen molar-refractivity contribution in [3.8, 4) is 11.6 Å². The number of amides is 1. The first-order valence-corrected chi connectivity index (χ1v) is 7.73. The number of benzene rings is 1. The number of pyridine rings is 1. The lowest BCUT2D eigenvalue weighted by atomic mass is 10.2. The topological polar surface area (TPSA) is 62.7 Å². The van der Waals surface area contributed by atoms with E-state index in [0.717, 1.165) is 4.47 Å². The van der Waals surface area contributed by atoms with Gasteiger partial charge in [0, 0.05) is 29.8 Å². The molecule has 0 saturated heterocycles. The van der Waals surface area contributed by atoms with Crippen LogP contribution in [0.3, 0.4) is 0 Å². The average molecular weight is 365 g/mol. The summed E-state index contributed by atoms with van der Waals surface area (Å²) in [5.41, 5.74) is 0.469. The van der Waals surface area contributed by atoms with E-state index >= 15 is 0 Å². The second-order valence-corrected chi connectivity index (χ2v) is 5.47. The van der Waals surface area contributed by atoms with Gasteiger partial charge in [-0.2, -0.15) is 0 Å². The first-order chi connectivity index (χ1) is 10.6. The zero-order chi connectivity index (χ0) is 15.9. The minimum absolute atomic E-state index is 0.0584. The highest BCUT2D eigenvalue weighted by molar-refractivity contribution is 9.10. The van der Waals surface area contributed by atoms with Crippen LogP contribution < -0.4 is 4.74 Å². The number of ether oxygens (including phenoxy) is 1. The molecule has 22 heavy (non-hydrogen) atoms. The van der Waals surface area contributed by atoms with Gasteiger partial charge in [-0.1, -0.05) is 22.0 Å². The number of rotatable bonds is 6. The molecule has 0 unspecified atom stereocenters. The number of carbonyl (C=O) groups is 1. The number of nitrogens with zero attached hydrogens (tertiary/aromatic N) is 2. The van der Waals surface area contributed by atoms with E-state index in [1.165, 1.54) is 6.20 Å². The third kappa shape index (κ3) is 4.29. The van der Waals surface area contributed by atoms with Crippen molar-refractivity contribution < 1.29 is 14.6 Å². The van der Waals surface area contributed by atoms with Crippen LogP contribution >= 0.6 is 15.9 Å². The summed E-state index contributed by atoms with van der Waals surface area (Å²) in [4.78, 5) is 17.9. The maximum absolute atomic E-state index is 12.2. The molecule has 6 heteroatoms. The molecule has 0 spiro atoms. The van der Waals surface area contributed by atoms with Crippen LogP contribution in [0.1, 0.15) is 17.3 Å². The third-order valence-corrected chi connectivity index (χ3v) is 3.53. The molecule has 0 saturated carbocycles. The number of hydrogen-bond donors (Lipinski definition) is 1.